The summed E-state index contributed by atoms with van der Waals surface area (Å²) < 4.78 is 262. The van der Waals surface area contributed by atoms with Crippen LogP contribution in [0.4, 0.5) is 87.8 Å². The van der Waals surface area contributed by atoms with Crippen LogP contribution in [-0.2, 0) is 0 Å². The number of hydrogen-bond donors (Lipinski definition) is 0. The van der Waals surface area contributed by atoms with Crippen LogP contribution in [0.1, 0.15) is 0 Å². The van der Waals surface area contributed by atoms with E-state index in [0.29, 0.717) is 0 Å². The Morgan fingerprint density at radius 2 is 0.367 bits per heavy atom. The molecule has 0 aromatic heterocycles. The molecule has 1 aliphatic carbocycles. The molecular formula is C10F20. The second kappa shape index (κ2) is 5.69. The van der Waals surface area contributed by atoms with Gasteiger partial charge in [0.2, 0.25) is 0 Å². The second-order valence-electron chi connectivity index (χ2n) is 5.77. The van der Waals surface area contributed by atoms with Crippen LogP contribution in [0.15, 0.2) is 0 Å². The molecule has 1 fully saturated rings. The van der Waals surface area contributed by atoms with Crippen molar-refractivity contribution in [3.8, 4) is 0 Å². The summed E-state index contributed by atoms with van der Waals surface area (Å²) in [4.78, 5) is 0. The molecule has 30 heavy (non-hydrogen) atoms. The van der Waals surface area contributed by atoms with E-state index in [4.69, 9.17) is 0 Å². The predicted octanol–water partition coefficient (Wildman–Crippen LogP) is 6.35. The average molecular weight is 500 g/mol. The molecule has 4 atom stereocenters. The Bertz CT molecular complexity index is 574. The fourth-order valence-electron chi connectivity index (χ4n) is 2.83. The molecule has 1 aliphatic rings. The van der Waals surface area contributed by atoms with Crippen LogP contribution in [-0.4, -0.2) is 59.2 Å². The highest BCUT2D eigenvalue weighted by molar-refractivity contribution is 5.40. The minimum atomic E-state index is -9.16. The van der Waals surface area contributed by atoms with Crippen molar-refractivity contribution in [1.29, 1.82) is 0 Å². The Kier molecular flexibility index (Phi) is 5.05. The minimum Gasteiger partial charge on any atom is -0.222 e. The zero-order valence-electron chi connectivity index (χ0n) is 12.6. The summed E-state index contributed by atoms with van der Waals surface area (Å²) >= 11 is 0. The van der Waals surface area contributed by atoms with Crippen molar-refractivity contribution in [3.05, 3.63) is 0 Å². The van der Waals surface area contributed by atoms with E-state index in [1.54, 1.807) is 0 Å². The molecular weight excluding hydrogens is 500 g/mol. The first-order valence-electron chi connectivity index (χ1n) is 6.28. The number of hydrogen-bond acceptors (Lipinski definition) is 0. The summed E-state index contributed by atoms with van der Waals surface area (Å²) in [5, 5.41) is 0. The van der Waals surface area contributed by atoms with Crippen LogP contribution in [0.3, 0.4) is 0 Å². The Morgan fingerprint density at radius 3 is 0.433 bits per heavy atom. The van der Waals surface area contributed by atoms with Gasteiger partial charge in [0, 0.05) is 0 Å². The largest absolute Gasteiger partial charge is 0.432 e. The first kappa shape index (κ1) is 26.6. The lowest BCUT2D eigenvalue weighted by atomic mass is 9.55. The van der Waals surface area contributed by atoms with Gasteiger partial charge in [-0.1, -0.05) is 0 Å². The van der Waals surface area contributed by atoms with Gasteiger partial charge < -0.3 is 0 Å². The number of rotatable bonds is 0. The molecule has 0 N–H and O–H groups in total. The van der Waals surface area contributed by atoms with Gasteiger partial charge in [-0.3, -0.25) is 0 Å². The van der Waals surface area contributed by atoms with Crippen molar-refractivity contribution in [2.45, 2.75) is 59.2 Å². The van der Waals surface area contributed by atoms with Crippen LogP contribution in [0.25, 0.3) is 0 Å². The molecule has 0 nitrogen and oxygen atoms in total. The maximum atomic E-state index is 13.9. The van der Waals surface area contributed by atoms with Crippen molar-refractivity contribution in [1.82, 2.24) is 0 Å². The molecule has 0 amide bonds. The van der Waals surface area contributed by atoms with Crippen molar-refractivity contribution in [2.24, 2.45) is 0 Å². The SMILES string of the molecule is FC(F)(F)[C@@]1(F)C(F)(F)[C@@](F)(C(F)(F)F)[C@](F)(C(F)(F)F)C(F)(F)[C@@]1(F)C(F)(F)F. The first-order valence-corrected chi connectivity index (χ1v) is 6.28. The number of alkyl halides is 20. The molecule has 0 aromatic rings. The van der Waals surface area contributed by atoms with Crippen LogP contribution in [0.2, 0.25) is 0 Å². The quantitative estimate of drug-likeness (QED) is 0.340. The Morgan fingerprint density at radius 1 is 0.267 bits per heavy atom. The van der Waals surface area contributed by atoms with Gasteiger partial charge in [0.25, 0.3) is 0 Å². The van der Waals surface area contributed by atoms with E-state index in [-0.39, 0.29) is 0 Å². The van der Waals surface area contributed by atoms with E-state index in [1.165, 1.54) is 0 Å². The summed E-state index contributed by atoms with van der Waals surface area (Å²) in [5.74, 6) is -18.3. The maximum Gasteiger partial charge on any atom is 0.432 e. The molecule has 0 aromatic carbocycles. The average Bonchev–Trinajstić information content (AvgIpc) is 2.45. The van der Waals surface area contributed by atoms with Crippen LogP contribution in [0.5, 0.6) is 0 Å². The molecule has 0 saturated heterocycles. The zero-order chi connectivity index (χ0) is 25.0. The van der Waals surface area contributed by atoms with Crippen LogP contribution >= 0.6 is 0 Å². The summed E-state index contributed by atoms with van der Waals surface area (Å²) in [6.07, 6.45) is -34.4. The van der Waals surface area contributed by atoms with Gasteiger partial charge in [0.1, 0.15) is 0 Å². The third-order valence-electron chi connectivity index (χ3n) is 4.24. The highest BCUT2D eigenvalue weighted by atomic mass is 19.4. The second-order valence-corrected chi connectivity index (χ2v) is 5.77. The molecule has 1 rings (SSSR count). The van der Waals surface area contributed by atoms with E-state index < -0.39 is 59.2 Å². The van der Waals surface area contributed by atoms with Gasteiger partial charge in [-0.15, -0.1) is 0 Å². The summed E-state index contributed by atoms with van der Waals surface area (Å²) in [6.45, 7) is 0. The molecule has 0 bridgehead atoms. The summed E-state index contributed by atoms with van der Waals surface area (Å²) in [6, 6.07) is 0. The lowest BCUT2D eigenvalue weighted by molar-refractivity contribution is -0.538. The third-order valence-corrected chi connectivity index (χ3v) is 4.24. The lowest BCUT2D eigenvalue weighted by Crippen LogP contribution is -2.96. The van der Waals surface area contributed by atoms with E-state index in [2.05, 4.69) is 0 Å². The molecule has 1 saturated carbocycles. The third kappa shape index (κ3) is 2.22. The van der Waals surface area contributed by atoms with Gasteiger partial charge in [-0.25, -0.2) is 17.6 Å². The topological polar surface area (TPSA) is 0 Å². The van der Waals surface area contributed by atoms with Crippen molar-refractivity contribution in [3.63, 3.8) is 0 Å². The fourth-order valence-corrected chi connectivity index (χ4v) is 2.83. The Labute approximate surface area is 148 Å². The van der Waals surface area contributed by atoms with Gasteiger partial charge in [-0.05, 0) is 0 Å². The number of halogens is 20. The van der Waals surface area contributed by atoms with Crippen molar-refractivity contribution >= 4 is 0 Å². The smallest absolute Gasteiger partial charge is 0.222 e. The van der Waals surface area contributed by atoms with Crippen LogP contribution in [0, 0.1) is 0 Å². The first-order chi connectivity index (χ1) is 12.5. The van der Waals surface area contributed by atoms with Gasteiger partial charge in [0.05, 0.1) is 0 Å². The Hall–Kier alpha value is -1.40. The van der Waals surface area contributed by atoms with Gasteiger partial charge >= 0.3 is 59.2 Å². The predicted molar refractivity (Wildman–Crippen MR) is 49.5 cm³/mol. The molecule has 0 heterocycles. The van der Waals surface area contributed by atoms with E-state index in [0.717, 1.165) is 0 Å². The standard InChI is InChI=1S/C10F20/c11-1(7(19,20)21)2(12,8(22,23)24)6(17,18)4(14,10(28,29)30)3(13,5(1,15)16)9(25,26)27/t1-,2-,3-,4+/m1/s1. The zero-order valence-corrected chi connectivity index (χ0v) is 12.6. The molecule has 0 spiro atoms. The monoisotopic (exact) mass is 500 g/mol. The lowest BCUT2D eigenvalue weighted by Gasteiger charge is -2.60. The van der Waals surface area contributed by atoms with E-state index in [1.807, 2.05) is 0 Å². The summed E-state index contributed by atoms with van der Waals surface area (Å²) in [5.41, 5.74) is -36.4. The van der Waals surface area contributed by atoms with Crippen LogP contribution < -0.4 is 0 Å². The highest BCUT2D eigenvalue weighted by Crippen LogP contribution is 2.78. The van der Waals surface area contributed by atoms with E-state index >= 15 is 0 Å². The van der Waals surface area contributed by atoms with E-state index in [9.17, 15) is 87.8 Å². The molecule has 0 unspecified atom stereocenters. The van der Waals surface area contributed by atoms with Crippen molar-refractivity contribution < 1.29 is 87.8 Å². The van der Waals surface area contributed by atoms with Gasteiger partial charge in [-0.2, -0.15) is 70.2 Å². The molecule has 20 heteroatoms. The minimum absolute atomic E-state index is 8.61. The fraction of sp³-hybridized carbons (Fsp3) is 1.00. The maximum absolute atomic E-state index is 13.9. The normalized spacial score (nSPS) is 40.4. The summed E-state index contributed by atoms with van der Waals surface area (Å²) in [7, 11) is 0. The molecule has 0 radical (unpaired) electrons. The van der Waals surface area contributed by atoms with Gasteiger partial charge in [0.15, 0.2) is 0 Å². The molecule has 0 aliphatic heterocycles. The Balaban J connectivity index is 4.59. The van der Waals surface area contributed by atoms with Crippen molar-refractivity contribution in [2.75, 3.05) is 0 Å². The highest BCUT2D eigenvalue weighted by Gasteiger charge is 3.13. The molecule has 180 valence electrons.